The predicted octanol–water partition coefficient (Wildman–Crippen LogP) is 2.09. The molecule has 2 rings (SSSR count). The van der Waals surface area contributed by atoms with E-state index in [0.29, 0.717) is 6.61 Å². The Morgan fingerprint density at radius 2 is 2.07 bits per heavy atom. The Hall–Kier alpha value is -0.900. The molecule has 1 aromatic rings. The van der Waals surface area contributed by atoms with Crippen molar-refractivity contribution in [3.05, 3.63) is 35.9 Å². The predicted molar refractivity (Wildman–Crippen MR) is 51.6 cm³/mol. The van der Waals surface area contributed by atoms with Crippen molar-refractivity contribution in [2.45, 2.75) is 18.6 Å². The first-order valence-corrected chi connectivity index (χ1v) is 4.78. The van der Waals surface area contributed by atoms with Gasteiger partial charge in [-0.05, 0) is 12.0 Å². The second-order valence-electron chi connectivity index (χ2n) is 3.33. The van der Waals surface area contributed by atoms with Crippen LogP contribution in [-0.4, -0.2) is 20.0 Å². The van der Waals surface area contributed by atoms with Gasteiger partial charge in [0, 0.05) is 13.0 Å². The first kappa shape index (κ1) is 9.65. The number of hydrogen-bond donors (Lipinski definition) is 0. The van der Waals surface area contributed by atoms with Crippen LogP contribution >= 0.6 is 0 Å². The zero-order valence-electron chi connectivity index (χ0n) is 8.18. The molecule has 0 bridgehead atoms. The third kappa shape index (κ3) is 1.95. The van der Waals surface area contributed by atoms with Gasteiger partial charge in [-0.25, -0.2) is 9.78 Å². The topological polar surface area (TPSA) is 27.7 Å². The molecule has 0 aliphatic carbocycles. The van der Waals surface area contributed by atoms with Crippen LogP contribution in [0, 0.1) is 0 Å². The van der Waals surface area contributed by atoms with Crippen LogP contribution in [-0.2, 0) is 14.5 Å². The number of hydrogen-bond acceptors (Lipinski definition) is 3. The Morgan fingerprint density at radius 1 is 1.29 bits per heavy atom. The van der Waals surface area contributed by atoms with Gasteiger partial charge in [-0.2, -0.15) is 0 Å². The van der Waals surface area contributed by atoms with Gasteiger partial charge in [0.25, 0.3) is 0 Å². The maximum absolute atomic E-state index is 5.21. The largest absolute Gasteiger partial charge is 0.353 e. The monoisotopic (exact) mass is 194 g/mol. The third-order valence-corrected chi connectivity index (χ3v) is 2.46. The molecule has 1 saturated heterocycles. The molecule has 0 radical (unpaired) electrons. The van der Waals surface area contributed by atoms with Gasteiger partial charge in [0.1, 0.15) is 0 Å². The van der Waals surface area contributed by atoms with Crippen LogP contribution in [0.15, 0.2) is 30.3 Å². The zero-order chi connectivity index (χ0) is 9.80. The molecule has 0 saturated carbocycles. The van der Waals surface area contributed by atoms with Crippen LogP contribution in [0.4, 0.5) is 0 Å². The normalized spacial score (nSPS) is 27.5. The van der Waals surface area contributed by atoms with Crippen molar-refractivity contribution < 1.29 is 14.5 Å². The summed E-state index contributed by atoms with van der Waals surface area (Å²) in [5.74, 6) is 0.273. The molecule has 3 nitrogen and oxygen atoms in total. The lowest BCUT2D eigenvalue weighted by Gasteiger charge is -2.29. The van der Waals surface area contributed by atoms with Crippen LogP contribution in [0.5, 0.6) is 0 Å². The van der Waals surface area contributed by atoms with Gasteiger partial charge in [0.05, 0.1) is 6.61 Å². The molecule has 0 unspecified atom stereocenters. The van der Waals surface area contributed by atoms with Crippen LogP contribution in [0.3, 0.4) is 0 Å². The molecular formula is C11H14O3. The zero-order valence-corrected chi connectivity index (χ0v) is 8.18. The summed E-state index contributed by atoms with van der Waals surface area (Å²) < 4.78 is 5.21. The fourth-order valence-electron chi connectivity index (χ4n) is 1.72. The number of rotatable bonds is 2. The van der Waals surface area contributed by atoms with Gasteiger partial charge in [-0.3, -0.25) is 0 Å². The van der Waals surface area contributed by atoms with Gasteiger partial charge in [0.15, 0.2) is 6.29 Å². The lowest BCUT2D eigenvalue weighted by molar-refractivity contribution is -0.400. The summed E-state index contributed by atoms with van der Waals surface area (Å²) in [6.07, 6.45) is 0.647. The van der Waals surface area contributed by atoms with Crippen molar-refractivity contribution in [1.29, 1.82) is 0 Å². The standard InChI is InChI=1S/C11H14O3/c1-12-11-10(7-8-13-14-11)9-5-3-2-4-6-9/h2-6,10-11H,7-8H2,1H3/t10-,11-/m0/s1. The minimum Gasteiger partial charge on any atom is -0.353 e. The molecule has 0 spiro atoms. The fraction of sp³-hybridized carbons (Fsp3) is 0.455. The SMILES string of the molecule is CO[C@H]1OOCC[C@H]1c1ccccc1. The molecule has 0 aromatic heterocycles. The lowest BCUT2D eigenvalue weighted by atomic mass is 9.95. The molecule has 1 heterocycles. The molecule has 1 aliphatic rings. The molecule has 2 atom stereocenters. The average Bonchev–Trinajstić information content (AvgIpc) is 2.30. The summed E-state index contributed by atoms with van der Waals surface area (Å²) in [6.45, 7) is 0.624. The molecule has 1 fully saturated rings. The molecule has 0 N–H and O–H groups in total. The maximum Gasteiger partial charge on any atom is 0.197 e. The Labute approximate surface area is 83.5 Å². The average molecular weight is 194 g/mol. The second-order valence-corrected chi connectivity index (χ2v) is 3.33. The summed E-state index contributed by atoms with van der Waals surface area (Å²) in [4.78, 5) is 9.97. The van der Waals surface area contributed by atoms with Crippen molar-refractivity contribution >= 4 is 0 Å². The fourth-order valence-corrected chi connectivity index (χ4v) is 1.72. The van der Waals surface area contributed by atoms with Crippen LogP contribution in [0.25, 0.3) is 0 Å². The number of ether oxygens (including phenoxy) is 1. The smallest absolute Gasteiger partial charge is 0.197 e. The lowest BCUT2D eigenvalue weighted by Crippen LogP contribution is -2.30. The van der Waals surface area contributed by atoms with Crippen molar-refractivity contribution in [2.75, 3.05) is 13.7 Å². The van der Waals surface area contributed by atoms with Crippen molar-refractivity contribution in [2.24, 2.45) is 0 Å². The first-order valence-electron chi connectivity index (χ1n) is 4.78. The van der Waals surface area contributed by atoms with E-state index in [0.717, 1.165) is 6.42 Å². The van der Waals surface area contributed by atoms with Crippen molar-refractivity contribution in [1.82, 2.24) is 0 Å². The highest BCUT2D eigenvalue weighted by Gasteiger charge is 2.28. The van der Waals surface area contributed by atoms with Gasteiger partial charge in [0.2, 0.25) is 0 Å². The molecule has 3 heteroatoms. The highest BCUT2D eigenvalue weighted by atomic mass is 17.2. The van der Waals surface area contributed by atoms with Crippen LogP contribution in [0.2, 0.25) is 0 Å². The van der Waals surface area contributed by atoms with Crippen LogP contribution < -0.4 is 0 Å². The molecule has 76 valence electrons. The molecule has 1 aliphatic heterocycles. The quantitative estimate of drug-likeness (QED) is 0.675. The van der Waals surface area contributed by atoms with E-state index >= 15 is 0 Å². The summed E-state index contributed by atoms with van der Waals surface area (Å²) >= 11 is 0. The van der Waals surface area contributed by atoms with E-state index in [4.69, 9.17) is 14.5 Å². The van der Waals surface area contributed by atoms with E-state index < -0.39 is 0 Å². The van der Waals surface area contributed by atoms with Gasteiger partial charge in [-0.1, -0.05) is 30.3 Å². The van der Waals surface area contributed by atoms with E-state index in [9.17, 15) is 0 Å². The third-order valence-electron chi connectivity index (χ3n) is 2.46. The van der Waals surface area contributed by atoms with Crippen LogP contribution in [0.1, 0.15) is 17.9 Å². The highest BCUT2D eigenvalue weighted by Crippen LogP contribution is 2.29. The number of methoxy groups -OCH3 is 1. The Balaban J connectivity index is 2.15. The number of benzene rings is 1. The van der Waals surface area contributed by atoms with E-state index in [1.807, 2.05) is 18.2 Å². The highest BCUT2D eigenvalue weighted by molar-refractivity contribution is 5.20. The molecule has 14 heavy (non-hydrogen) atoms. The van der Waals surface area contributed by atoms with Crippen molar-refractivity contribution in [3.63, 3.8) is 0 Å². The molecular weight excluding hydrogens is 180 g/mol. The second kappa shape index (κ2) is 4.55. The summed E-state index contributed by atoms with van der Waals surface area (Å²) in [5.41, 5.74) is 1.24. The minimum absolute atomic E-state index is 0.273. The van der Waals surface area contributed by atoms with E-state index in [1.54, 1.807) is 7.11 Å². The van der Waals surface area contributed by atoms with E-state index in [-0.39, 0.29) is 12.2 Å². The summed E-state index contributed by atoms with van der Waals surface area (Å²) in [6, 6.07) is 10.2. The Kier molecular flexibility index (Phi) is 3.14. The minimum atomic E-state index is -0.286. The van der Waals surface area contributed by atoms with Gasteiger partial charge in [-0.15, -0.1) is 0 Å². The van der Waals surface area contributed by atoms with E-state index in [2.05, 4.69) is 12.1 Å². The maximum atomic E-state index is 5.21. The molecule has 0 amide bonds. The Morgan fingerprint density at radius 3 is 2.79 bits per heavy atom. The van der Waals surface area contributed by atoms with E-state index in [1.165, 1.54) is 5.56 Å². The summed E-state index contributed by atoms with van der Waals surface area (Å²) in [5, 5.41) is 0. The summed E-state index contributed by atoms with van der Waals surface area (Å²) in [7, 11) is 1.63. The van der Waals surface area contributed by atoms with Crippen molar-refractivity contribution in [3.8, 4) is 0 Å². The first-order chi connectivity index (χ1) is 6.92. The molecule has 1 aromatic carbocycles. The van der Waals surface area contributed by atoms with Gasteiger partial charge >= 0.3 is 0 Å². The Bertz CT molecular complexity index is 273. The van der Waals surface area contributed by atoms with Gasteiger partial charge < -0.3 is 4.74 Å².